The second kappa shape index (κ2) is 6.80. The second-order valence-electron chi connectivity index (χ2n) is 5.37. The molecule has 0 radical (unpaired) electrons. The van der Waals surface area contributed by atoms with Gasteiger partial charge in [-0.25, -0.2) is 4.39 Å². The molecule has 0 aliphatic rings. The van der Waals surface area contributed by atoms with Crippen LogP contribution in [0.5, 0.6) is 0 Å². The van der Waals surface area contributed by atoms with Gasteiger partial charge in [0.25, 0.3) is 5.91 Å². The zero-order chi connectivity index (χ0) is 17.1. The van der Waals surface area contributed by atoms with Crippen LogP contribution in [0.3, 0.4) is 0 Å². The topological polar surface area (TPSA) is 49.8 Å². The van der Waals surface area contributed by atoms with E-state index >= 15 is 0 Å². The van der Waals surface area contributed by atoms with Crippen LogP contribution in [-0.2, 0) is 0 Å². The third-order valence-electron chi connectivity index (χ3n) is 3.74. The smallest absolute Gasteiger partial charge is 0.270 e. The average Bonchev–Trinajstić information content (AvgIpc) is 2.97. The molecule has 2 N–H and O–H groups in total. The Morgan fingerprint density at radius 1 is 1.17 bits per heavy atom. The number of aromatic nitrogens is 2. The number of benzene rings is 2. The molecule has 122 valence electrons. The van der Waals surface area contributed by atoms with Crippen molar-refractivity contribution in [2.45, 2.75) is 13.0 Å². The van der Waals surface area contributed by atoms with Gasteiger partial charge < -0.3 is 10.3 Å². The minimum atomic E-state index is -0.466. The van der Waals surface area contributed by atoms with Gasteiger partial charge in [-0.3, -0.25) is 9.36 Å². The molecule has 0 saturated carbocycles. The summed E-state index contributed by atoms with van der Waals surface area (Å²) in [5.41, 5.74) is 1.59. The van der Waals surface area contributed by atoms with Crippen molar-refractivity contribution in [1.29, 1.82) is 0 Å². The molecule has 0 saturated heterocycles. The van der Waals surface area contributed by atoms with Gasteiger partial charge in [0.1, 0.15) is 11.5 Å². The fourth-order valence-corrected chi connectivity index (χ4v) is 2.81. The molecule has 1 heterocycles. The Bertz CT molecular complexity index is 917. The van der Waals surface area contributed by atoms with Gasteiger partial charge >= 0.3 is 0 Å². The Balaban J connectivity index is 1.90. The number of nitrogens with one attached hydrogen (secondary N) is 2. The van der Waals surface area contributed by atoms with Gasteiger partial charge in [0, 0.05) is 17.4 Å². The summed E-state index contributed by atoms with van der Waals surface area (Å²) in [4.78, 5) is 15.5. The fourth-order valence-electron chi connectivity index (χ4n) is 2.54. The number of rotatable bonds is 4. The van der Waals surface area contributed by atoms with Crippen LogP contribution in [-0.4, -0.2) is 15.5 Å². The molecule has 24 heavy (non-hydrogen) atoms. The largest absolute Gasteiger partial charge is 0.344 e. The highest BCUT2D eigenvalue weighted by atomic mass is 32.1. The Morgan fingerprint density at radius 2 is 1.83 bits per heavy atom. The highest BCUT2D eigenvalue weighted by Gasteiger charge is 2.18. The summed E-state index contributed by atoms with van der Waals surface area (Å²) in [6.07, 6.45) is 1.55. The lowest BCUT2D eigenvalue weighted by atomic mass is 10.1. The maximum atomic E-state index is 13.9. The van der Waals surface area contributed by atoms with Gasteiger partial charge in [-0.2, -0.15) is 0 Å². The lowest BCUT2D eigenvalue weighted by Gasteiger charge is -2.16. The molecule has 0 bridgehead atoms. The van der Waals surface area contributed by atoms with Crippen molar-refractivity contribution >= 4 is 18.1 Å². The molecule has 0 spiro atoms. The van der Waals surface area contributed by atoms with E-state index in [0.29, 0.717) is 16.0 Å². The van der Waals surface area contributed by atoms with Crippen molar-refractivity contribution in [2.75, 3.05) is 0 Å². The van der Waals surface area contributed by atoms with Crippen molar-refractivity contribution in [3.63, 3.8) is 0 Å². The third-order valence-corrected chi connectivity index (χ3v) is 4.04. The first-order valence-corrected chi connectivity index (χ1v) is 7.90. The van der Waals surface area contributed by atoms with E-state index in [-0.39, 0.29) is 11.7 Å². The first-order chi connectivity index (χ1) is 11.6. The molecular weight excluding hydrogens is 325 g/mol. The van der Waals surface area contributed by atoms with Gasteiger partial charge in [0.15, 0.2) is 4.77 Å². The number of amides is 1. The van der Waals surface area contributed by atoms with E-state index in [9.17, 15) is 9.18 Å². The van der Waals surface area contributed by atoms with E-state index in [1.807, 2.05) is 30.3 Å². The van der Waals surface area contributed by atoms with Crippen LogP contribution in [0, 0.1) is 10.6 Å². The zero-order valence-electron chi connectivity index (χ0n) is 13.0. The van der Waals surface area contributed by atoms with E-state index in [1.165, 1.54) is 6.07 Å². The number of hydrogen-bond donors (Lipinski definition) is 2. The van der Waals surface area contributed by atoms with Gasteiger partial charge in [-0.15, -0.1) is 0 Å². The Labute approximate surface area is 144 Å². The first kappa shape index (κ1) is 16.1. The van der Waals surface area contributed by atoms with Crippen molar-refractivity contribution in [2.24, 2.45) is 0 Å². The zero-order valence-corrected chi connectivity index (χ0v) is 13.8. The number of hydrogen-bond acceptors (Lipinski definition) is 2. The summed E-state index contributed by atoms with van der Waals surface area (Å²) in [6.45, 7) is 1.74. The Morgan fingerprint density at radius 3 is 2.54 bits per heavy atom. The van der Waals surface area contributed by atoms with Crippen molar-refractivity contribution in [3.05, 3.63) is 82.6 Å². The van der Waals surface area contributed by atoms with Crippen LogP contribution in [0.4, 0.5) is 4.39 Å². The lowest BCUT2D eigenvalue weighted by Crippen LogP contribution is -2.29. The van der Waals surface area contributed by atoms with Gasteiger partial charge in [-0.05, 0) is 37.3 Å². The van der Waals surface area contributed by atoms with E-state index in [1.54, 1.807) is 35.9 Å². The van der Waals surface area contributed by atoms with Gasteiger partial charge in [0.05, 0.1) is 6.04 Å². The standard InChI is InChI=1S/C18H16FN3OS/c1-12(14-9-5-6-10-15(14)19)21-17(23)16-11-20-18(24)22(16)13-7-3-2-4-8-13/h2-12H,1H3,(H,20,24)(H,21,23). The van der Waals surface area contributed by atoms with E-state index in [4.69, 9.17) is 12.2 Å². The third kappa shape index (κ3) is 3.14. The van der Waals surface area contributed by atoms with Crippen LogP contribution >= 0.6 is 12.2 Å². The number of carbonyl (C=O) groups excluding carboxylic acids is 1. The summed E-state index contributed by atoms with van der Waals surface area (Å²) in [6, 6.07) is 15.3. The molecule has 1 unspecified atom stereocenters. The number of carbonyl (C=O) groups is 1. The molecule has 1 aromatic heterocycles. The molecule has 1 amide bonds. The predicted octanol–water partition coefficient (Wildman–Crippen LogP) is 4.16. The summed E-state index contributed by atoms with van der Waals surface area (Å²) >= 11 is 5.27. The molecule has 0 fully saturated rings. The lowest BCUT2D eigenvalue weighted by molar-refractivity contribution is 0.0932. The summed E-state index contributed by atoms with van der Waals surface area (Å²) in [5, 5.41) is 2.81. The summed E-state index contributed by atoms with van der Waals surface area (Å²) < 4.78 is 15.9. The van der Waals surface area contributed by atoms with Crippen LogP contribution in [0.1, 0.15) is 29.0 Å². The van der Waals surface area contributed by atoms with Crippen molar-refractivity contribution in [1.82, 2.24) is 14.9 Å². The van der Waals surface area contributed by atoms with E-state index in [0.717, 1.165) is 5.69 Å². The number of halogens is 1. The number of imidazole rings is 1. The van der Waals surface area contributed by atoms with Crippen LogP contribution < -0.4 is 5.32 Å². The highest BCUT2D eigenvalue weighted by Crippen LogP contribution is 2.18. The first-order valence-electron chi connectivity index (χ1n) is 7.49. The molecule has 1 atom stereocenters. The maximum Gasteiger partial charge on any atom is 0.270 e. The maximum absolute atomic E-state index is 13.9. The number of aromatic amines is 1. The quantitative estimate of drug-likeness (QED) is 0.700. The Kier molecular flexibility index (Phi) is 4.57. The van der Waals surface area contributed by atoms with Crippen LogP contribution in [0.15, 0.2) is 60.8 Å². The van der Waals surface area contributed by atoms with E-state index in [2.05, 4.69) is 10.3 Å². The fraction of sp³-hybridized carbons (Fsp3) is 0.111. The highest BCUT2D eigenvalue weighted by molar-refractivity contribution is 7.71. The van der Waals surface area contributed by atoms with Gasteiger partial charge in [0.2, 0.25) is 0 Å². The van der Waals surface area contributed by atoms with E-state index < -0.39 is 6.04 Å². The summed E-state index contributed by atoms with van der Waals surface area (Å²) in [7, 11) is 0. The molecule has 4 nitrogen and oxygen atoms in total. The SMILES string of the molecule is CC(NC(=O)c1c[nH]c(=S)n1-c1ccccc1)c1ccccc1F. The van der Waals surface area contributed by atoms with Crippen molar-refractivity contribution in [3.8, 4) is 5.69 Å². The Hall–Kier alpha value is -2.73. The molecule has 3 aromatic rings. The molecular formula is C18H16FN3OS. The average molecular weight is 341 g/mol. The predicted molar refractivity (Wildman–Crippen MR) is 93.2 cm³/mol. The van der Waals surface area contributed by atoms with Crippen molar-refractivity contribution < 1.29 is 9.18 Å². The minimum absolute atomic E-state index is 0.332. The molecule has 0 aliphatic heterocycles. The summed E-state index contributed by atoms with van der Waals surface area (Å²) in [5.74, 6) is -0.679. The second-order valence-corrected chi connectivity index (χ2v) is 5.75. The van der Waals surface area contributed by atoms with Crippen LogP contribution in [0.25, 0.3) is 5.69 Å². The molecule has 6 heteroatoms. The van der Waals surface area contributed by atoms with Gasteiger partial charge in [-0.1, -0.05) is 36.4 Å². The van der Waals surface area contributed by atoms with Crippen LogP contribution in [0.2, 0.25) is 0 Å². The number of para-hydroxylation sites is 1. The molecule has 2 aromatic carbocycles. The monoisotopic (exact) mass is 341 g/mol. The normalized spacial score (nSPS) is 11.9. The molecule has 0 aliphatic carbocycles. The molecule has 3 rings (SSSR count). The number of H-pyrrole nitrogens is 1. The minimum Gasteiger partial charge on any atom is -0.344 e. The number of nitrogens with zero attached hydrogens (tertiary/aromatic N) is 1.